The smallest absolute Gasteiger partial charge is 0.404 e. The molecule has 3 saturated carbocycles. The lowest BCUT2D eigenvalue weighted by Gasteiger charge is -2.64. The van der Waals surface area contributed by atoms with E-state index in [4.69, 9.17) is 9.31 Å². The summed E-state index contributed by atoms with van der Waals surface area (Å²) in [6, 6.07) is 8.88. The number of benzene rings is 1. The topological polar surface area (TPSA) is 21.7 Å². The van der Waals surface area contributed by atoms with Crippen molar-refractivity contribution in [2.24, 2.45) is 17.3 Å². The Bertz CT molecular complexity index is 820. The average Bonchev–Trinajstić information content (AvgIpc) is 2.97. The van der Waals surface area contributed by atoms with Crippen LogP contribution in [0.1, 0.15) is 44.7 Å². The normalized spacial score (nSPS) is 33.3. The Balaban J connectivity index is 1.71. The molecule has 172 valence electrons. The number of nitrogens with zero attached hydrogens (tertiary/aromatic N) is 1. The second-order valence-electron chi connectivity index (χ2n) is 13.2. The van der Waals surface area contributed by atoms with E-state index >= 15 is 0 Å². The molecule has 6 heteroatoms. The van der Waals surface area contributed by atoms with Crippen molar-refractivity contribution in [3.8, 4) is 0 Å². The fraction of sp³-hybridized carbons (Fsp3) is 0.760. The summed E-state index contributed by atoms with van der Waals surface area (Å²) in [5.41, 5.74) is 3.05. The van der Waals surface area contributed by atoms with Crippen molar-refractivity contribution in [1.82, 2.24) is 4.23 Å². The van der Waals surface area contributed by atoms with E-state index in [2.05, 4.69) is 95.5 Å². The molecule has 1 heterocycles. The number of hydrogen-bond donors (Lipinski definition) is 0. The van der Waals surface area contributed by atoms with Crippen LogP contribution >= 0.6 is 0 Å². The van der Waals surface area contributed by atoms with Gasteiger partial charge in [-0.05, 0) is 61.5 Å². The van der Waals surface area contributed by atoms with Gasteiger partial charge in [0.1, 0.15) is 16.5 Å². The summed E-state index contributed by atoms with van der Waals surface area (Å²) in [4.78, 5) is 0. The van der Waals surface area contributed by atoms with Crippen LogP contribution < -0.4 is 0 Å². The zero-order chi connectivity index (χ0) is 23.0. The molecule has 1 aliphatic heterocycles. The number of rotatable bonds is 6. The molecule has 0 spiro atoms. The van der Waals surface area contributed by atoms with Gasteiger partial charge in [-0.15, -0.1) is 0 Å². The van der Waals surface area contributed by atoms with Crippen LogP contribution in [0.2, 0.25) is 39.3 Å². The van der Waals surface area contributed by atoms with Gasteiger partial charge < -0.3 is 13.5 Å². The van der Waals surface area contributed by atoms with Crippen molar-refractivity contribution in [1.29, 1.82) is 0 Å². The molecular weight excluding hydrogens is 413 g/mol. The van der Waals surface area contributed by atoms with E-state index in [1.807, 2.05) is 0 Å². The molecule has 2 bridgehead atoms. The maximum atomic E-state index is 7.06. The largest absolute Gasteiger partial charge is 0.475 e. The molecule has 0 amide bonds. The Morgan fingerprint density at radius 1 is 1.03 bits per heavy atom. The van der Waals surface area contributed by atoms with Gasteiger partial charge in [0.2, 0.25) is 0 Å². The van der Waals surface area contributed by atoms with Crippen LogP contribution in [0.5, 0.6) is 0 Å². The molecular formula is C25H44BNO2Si2. The van der Waals surface area contributed by atoms with Crippen LogP contribution in [0.15, 0.2) is 24.3 Å². The van der Waals surface area contributed by atoms with Crippen LogP contribution in [-0.2, 0) is 15.7 Å². The van der Waals surface area contributed by atoms with Crippen molar-refractivity contribution in [2.75, 3.05) is 0 Å². The molecule has 3 aliphatic carbocycles. The van der Waals surface area contributed by atoms with Gasteiger partial charge in [0.05, 0.1) is 11.7 Å². The summed E-state index contributed by atoms with van der Waals surface area (Å²) in [7, 11) is -3.33. The van der Waals surface area contributed by atoms with Crippen molar-refractivity contribution in [3.05, 3.63) is 35.4 Å². The molecule has 5 rings (SSSR count). The standard InChI is InChI=1S/C25H44BNO2Si2/c1-18-13-11-12-14-19(18)15-23(27(30(5,6)7)31(8,9)10)26-28-22-17-20-16-21(24(20,2)3)25(22,4)29-26/h11-14,20-23H,15-17H2,1-10H3/t20-,21-,22+,23+,25-/m0/s1. The Labute approximate surface area is 193 Å². The monoisotopic (exact) mass is 457 g/mol. The molecule has 31 heavy (non-hydrogen) atoms. The Hall–Kier alpha value is -0.401. The molecule has 1 aromatic rings. The highest BCUT2D eigenvalue weighted by atomic mass is 28.4. The summed E-state index contributed by atoms with van der Waals surface area (Å²) in [5, 5.41) is 0. The zero-order valence-electron chi connectivity index (χ0n) is 21.6. The van der Waals surface area contributed by atoms with E-state index in [0.29, 0.717) is 11.3 Å². The van der Waals surface area contributed by atoms with Gasteiger partial charge in [-0.25, -0.2) is 0 Å². The van der Waals surface area contributed by atoms with Gasteiger partial charge in [0.25, 0.3) is 0 Å². The zero-order valence-corrected chi connectivity index (χ0v) is 23.6. The molecule has 4 aliphatic rings. The number of hydrogen-bond acceptors (Lipinski definition) is 3. The minimum Gasteiger partial charge on any atom is -0.404 e. The molecule has 3 nitrogen and oxygen atoms in total. The summed E-state index contributed by atoms with van der Waals surface area (Å²) < 4.78 is 16.9. The van der Waals surface area contributed by atoms with E-state index in [-0.39, 0.29) is 24.8 Å². The lowest BCUT2D eigenvalue weighted by molar-refractivity contribution is -0.199. The van der Waals surface area contributed by atoms with Gasteiger partial charge in [-0.2, -0.15) is 0 Å². The Kier molecular flexibility index (Phi) is 5.79. The minimum atomic E-state index is -1.60. The molecule has 5 atom stereocenters. The minimum absolute atomic E-state index is 0.136. The van der Waals surface area contributed by atoms with E-state index in [1.165, 1.54) is 17.5 Å². The average molecular weight is 458 g/mol. The molecule has 1 aromatic carbocycles. The van der Waals surface area contributed by atoms with Crippen LogP contribution in [-0.4, -0.2) is 45.5 Å². The SMILES string of the molecule is Cc1ccccc1C[C@H](B1O[C@@H]2C[C@@H]3C[C@@H](C3(C)C)[C@]2(C)O1)N([Si](C)(C)C)[Si](C)(C)C. The lowest BCUT2D eigenvalue weighted by atomic mass is 9.43. The Morgan fingerprint density at radius 2 is 1.65 bits per heavy atom. The van der Waals surface area contributed by atoms with Crippen LogP contribution in [0, 0.1) is 24.2 Å². The van der Waals surface area contributed by atoms with Crippen molar-refractivity contribution in [3.63, 3.8) is 0 Å². The van der Waals surface area contributed by atoms with Gasteiger partial charge in [0, 0.05) is 5.94 Å². The van der Waals surface area contributed by atoms with Gasteiger partial charge in [0.15, 0.2) is 0 Å². The van der Waals surface area contributed by atoms with Gasteiger partial charge in [-0.3, -0.25) is 0 Å². The second-order valence-corrected chi connectivity index (χ2v) is 23.3. The Morgan fingerprint density at radius 3 is 2.19 bits per heavy atom. The molecule has 0 aromatic heterocycles. The van der Waals surface area contributed by atoms with Crippen LogP contribution in [0.4, 0.5) is 0 Å². The maximum Gasteiger partial charge on any atom is 0.475 e. The van der Waals surface area contributed by atoms with Crippen molar-refractivity contribution >= 4 is 23.6 Å². The third-order valence-electron chi connectivity index (χ3n) is 8.75. The summed E-state index contributed by atoms with van der Waals surface area (Å²) in [6.45, 7) is 24.5. The summed E-state index contributed by atoms with van der Waals surface area (Å²) in [6.07, 6.45) is 3.72. The summed E-state index contributed by atoms with van der Waals surface area (Å²) in [5.74, 6) is 1.68. The maximum absolute atomic E-state index is 7.06. The van der Waals surface area contributed by atoms with E-state index in [1.54, 1.807) is 0 Å². The first kappa shape index (κ1) is 23.7. The first-order valence-corrected chi connectivity index (χ1v) is 19.2. The van der Waals surface area contributed by atoms with Crippen molar-refractivity contribution < 1.29 is 9.31 Å². The van der Waals surface area contributed by atoms with Gasteiger partial charge >= 0.3 is 7.12 Å². The second kappa shape index (κ2) is 7.56. The summed E-state index contributed by atoms with van der Waals surface area (Å²) >= 11 is 0. The molecule has 0 N–H and O–H groups in total. The predicted octanol–water partition coefficient (Wildman–Crippen LogP) is 6.15. The van der Waals surface area contributed by atoms with Gasteiger partial charge in [-0.1, -0.05) is 77.4 Å². The fourth-order valence-electron chi connectivity index (χ4n) is 7.44. The highest BCUT2D eigenvalue weighted by Gasteiger charge is 2.69. The van der Waals surface area contributed by atoms with Crippen molar-refractivity contribution in [2.45, 2.75) is 104 Å². The quantitative estimate of drug-likeness (QED) is 0.479. The number of aryl methyl sites for hydroxylation is 1. The van der Waals surface area contributed by atoms with Crippen LogP contribution in [0.3, 0.4) is 0 Å². The molecule has 1 saturated heterocycles. The third-order valence-corrected chi connectivity index (χ3v) is 16.3. The predicted molar refractivity (Wildman–Crippen MR) is 137 cm³/mol. The fourth-order valence-corrected chi connectivity index (χ4v) is 17.9. The van der Waals surface area contributed by atoms with E-state index in [9.17, 15) is 0 Å². The molecule has 4 fully saturated rings. The third kappa shape index (κ3) is 3.94. The first-order valence-electron chi connectivity index (χ1n) is 12.3. The molecule has 0 radical (unpaired) electrons. The highest BCUT2D eigenvalue weighted by Crippen LogP contribution is 2.65. The lowest BCUT2D eigenvalue weighted by Crippen LogP contribution is -2.68. The first-order chi connectivity index (χ1) is 14.2. The van der Waals surface area contributed by atoms with E-state index in [0.717, 1.165) is 18.8 Å². The highest BCUT2D eigenvalue weighted by molar-refractivity contribution is 6.90. The molecule has 0 unspecified atom stereocenters. The van der Waals surface area contributed by atoms with Crippen LogP contribution in [0.25, 0.3) is 0 Å². The van der Waals surface area contributed by atoms with E-state index < -0.39 is 16.5 Å².